The number of halogens is 1. The zero-order valence-electron chi connectivity index (χ0n) is 16.5. The number of hydrogen-bond acceptors (Lipinski definition) is 5. The van der Waals surface area contributed by atoms with Gasteiger partial charge in [-0.05, 0) is 44.5 Å². The molecular weight excluding hydrogens is 387 g/mol. The number of carbonyl (C=O) groups is 2. The lowest BCUT2D eigenvalue weighted by Crippen LogP contribution is -2.35. The maximum atomic E-state index is 12.9. The number of benzene rings is 1. The molecule has 156 valence electrons. The van der Waals surface area contributed by atoms with Crippen molar-refractivity contribution < 1.29 is 27.1 Å². The van der Waals surface area contributed by atoms with Crippen LogP contribution in [0.5, 0.6) is 0 Å². The second kappa shape index (κ2) is 10.9. The molecule has 9 heteroatoms. The molecule has 0 radical (unpaired) electrons. The fraction of sp³-hybridized carbons (Fsp3) is 0.474. The van der Waals surface area contributed by atoms with Gasteiger partial charge in [0.15, 0.2) is 6.61 Å². The SMILES string of the molecule is C=C(C)CN(CC)C(=O)COC(=O)CCCN(C)S(=O)(=O)c1ccc(F)cc1. The maximum Gasteiger partial charge on any atom is 0.306 e. The molecule has 0 atom stereocenters. The van der Waals surface area contributed by atoms with Crippen LogP contribution in [0.25, 0.3) is 0 Å². The van der Waals surface area contributed by atoms with Crippen molar-refractivity contribution in [1.29, 1.82) is 0 Å². The molecule has 0 aliphatic heterocycles. The van der Waals surface area contributed by atoms with Gasteiger partial charge in [-0.2, -0.15) is 0 Å². The van der Waals surface area contributed by atoms with E-state index in [9.17, 15) is 22.4 Å². The van der Waals surface area contributed by atoms with E-state index in [1.54, 1.807) is 6.92 Å². The lowest BCUT2D eigenvalue weighted by molar-refractivity contribution is -0.151. The van der Waals surface area contributed by atoms with Crippen molar-refractivity contribution >= 4 is 21.9 Å². The van der Waals surface area contributed by atoms with Crippen LogP contribution in [0, 0.1) is 5.82 Å². The van der Waals surface area contributed by atoms with Crippen molar-refractivity contribution in [2.45, 2.75) is 31.6 Å². The Hall–Kier alpha value is -2.26. The Balaban J connectivity index is 2.44. The van der Waals surface area contributed by atoms with Gasteiger partial charge in [0.1, 0.15) is 5.82 Å². The number of likely N-dealkylation sites (N-methyl/N-ethyl adjacent to an activating group) is 1. The Labute approximate surface area is 165 Å². The molecule has 0 spiro atoms. The van der Waals surface area contributed by atoms with E-state index in [-0.39, 0.29) is 36.8 Å². The molecule has 1 aromatic carbocycles. The number of amides is 1. The van der Waals surface area contributed by atoms with Gasteiger partial charge in [-0.25, -0.2) is 17.1 Å². The molecule has 0 aliphatic rings. The molecule has 1 amide bonds. The highest BCUT2D eigenvalue weighted by molar-refractivity contribution is 7.89. The minimum absolute atomic E-state index is 0.0246. The van der Waals surface area contributed by atoms with Crippen LogP contribution in [0.3, 0.4) is 0 Å². The first-order chi connectivity index (χ1) is 13.1. The van der Waals surface area contributed by atoms with Crippen LogP contribution in [-0.4, -0.2) is 62.8 Å². The fourth-order valence-corrected chi connectivity index (χ4v) is 3.57. The Morgan fingerprint density at radius 2 is 1.82 bits per heavy atom. The molecule has 0 aromatic heterocycles. The van der Waals surface area contributed by atoms with Crippen molar-refractivity contribution in [3.8, 4) is 0 Å². The van der Waals surface area contributed by atoms with Crippen molar-refractivity contribution in [2.75, 3.05) is 33.3 Å². The van der Waals surface area contributed by atoms with Crippen molar-refractivity contribution in [3.05, 3.63) is 42.2 Å². The number of ether oxygens (including phenoxy) is 1. The first kappa shape index (κ1) is 23.8. The molecule has 0 fully saturated rings. The minimum Gasteiger partial charge on any atom is -0.456 e. The summed E-state index contributed by atoms with van der Waals surface area (Å²) < 4.78 is 43.7. The molecule has 0 bridgehead atoms. The predicted molar refractivity (Wildman–Crippen MR) is 103 cm³/mol. The standard InChI is InChI=1S/C19H27FN2O5S/c1-5-22(13-15(2)3)18(23)14-27-19(24)7-6-12-21(4)28(25,26)17-10-8-16(20)9-11-17/h8-11H,2,5-7,12-14H2,1,3-4H3. The van der Waals surface area contributed by atoms with Crippen LogP contribution in [0.15, 0.2) is 41.3 Å². The number of sulfonamides is 1. The first-order valence-electron chi connectivity index (χ1n) is 8.87. The lowest BCUT2D eigenvalue weighted by Gasteiger charge is -2.20. The smallest absolute Gasteiger partial charge is 0.306 e. The highest BCUT2D eigenvalue weighted by atomic mass is 32.2. The van der Waals surface area contributed by atoms with E-state index in [4.69, 9.17) is 4.74 Å². The molecular formula is C19H27FN2O5S. The predicted octanol–water partition coefficient (Wildman–Crippen LogP) is 2.19. The molecule has 0 heterocycles. The summed E-state index contributed by atoms with van der Waals surface area (Å²) in [6.45, 7) is 7.98. The van der Waals surface area contributed by atoms with Crippen LogP contribution >= 0.6 is 0 Å². The molecule has 0 saturated carbocycles. The summed E-state index contributed by atoms with van der Waals surface area (Å²) in [5, 5.41) is 0. The van der Waals surface area contributed by atoms with Gasteiger partial charge in [-0.15, -0.1) is 0 Å². The van der Waals surface area contributed by atoms with E-state index in [2.05, 4.69) is 6.58 Å². The van der Waals surface area contributed by atoms with Crippen LogP contribution < -0.4 is 0 Å². The summed E-state index contributed by atoms with van der Waals surface area (Å²) in [7, 11) is -2.38. The van der Waals surface area contributed by atoms with Crippen molar-refractivity contribution in [3.63, 3.8) is 0 Å². The average Bonchev–Trinajstić information content (AvgIpc) is 2.64. The third kappa shape index (κ3) is 7.40. The average molecular weight is 414 g/mol. The molecule has 0 N–H and O–H groups in total. The summed E-state index contributed by atoms with van der Waals surface area (Å²) in [6.07, 6.45) is 0.205. The van der Waals surface area contributed by atoms with Crippen molar-refractivity contribution in [2.24, 2.45) is 0 Å². The van der Waals surface area contributed by atoms with Crippen molar-refractivity contribution in [1.82, 2.24) is 9.21 Å². The number of nitrogens with zero attached hydrogens (tertiary/aromatic N) is 2. The summed E-state index contributed by atoms with van der Waals surface area (Å²) in [5.41, 5.74) is 0.826. The van der Waals surface area contributed by atoms with Gasteiger partial charge in [0, 0.05) is 33.1 Å². The number of hydrogen-bond donors (Lipinski definition) is 0. The highest BCUT2D eigenvalue weighted by Crippen LogP contribution is 2.15. The Morgan fingerprint density at radius 3 is 2.36 bits per heavy atom. The summed E-state index contributed by atoms with van der Waals surface area (Å²) in [5.74, 6) is -1.41. The van der Waals surface area contributed by atoms with Crippen LogP contribution in [-0.2, 0) is 24.3 Å². The van der Waals surface area contributed by atoms with E-state index in [0.717, 1.165) is 22.0 Å². The number of rotatable bonds is 11. The van der Waals surface area contributed by atoms with E-state index in [1.165, 1.54) is 24.1 Å². The quantitative estimate of drug-likeness (QED) is 0.409. The summed E-state index contributed by atoms with van der Waals surface area (Å²) in [4.78, 5) is 25.3. The van der Waals surface area contributed by atoms with E-state index < -0.39 is 21.8 Å². The third-order valence-electron chi connectivity index (χ3n) is 3.93. The van der Waals surface area contributed by atoms with E-state index in [0.29, 0.717) is 13.1 Å². The van der Waals surface area contributed by atoms with Gasteiger partial charge in [0.25, 0.3) is 5.91 Å². The summed E-state index contributed by atoms with van der Waals surface area (Å²) in [6, 6.07) is 4.52. The number of esters is 1. The molecule has 0 unspecified atom stereocenters. The van der Waals surface area contributed by atoms with Gasteiger partial charge < -0.3 is 9.64 Å². The molecule has 0 saturated heterocycles. The number of carbonyl (C=O) groups excluding carboxylic acids is 2. The monoisotopic (exact) mass is 414 g/mol. The second-order valence-electron chi connectivity index (χ2n) is 6.41. The van der Waals surface area contributed by atoms with Crippen LogP contribution in [0.2, 0.25) is 0 Å². The van der Waals surface area contributed by atoms with E-state index >= 15 is 0 Å². The largest absolute Gasteiger partial charge is 0.456 e. The molecule has 28 heavy (non-hydrogen) atoms. The first-order valence-corrected chi connectivity index (χ1v) is 10.3. The Bertz CT molecular complexity index is 793. The fourth-order valence-electron chi connectivity index (χ4n) is 2.36. The second-order valence-corrected chi connectivity index (χ2v) is 8.45. The van der Waals surface area contributed by atoms with Crippen LogP contribution in [0.4, 0.5) is 4.39 Å². The van der Waals surface area contributed by atoms with E-state index in [1.807, 2.05) is 6.92 Å². The highest BCUT2D eigenvalue weighted by Gasteiger charge is 2.21. The minimum atomic E-state index is -3.76. The van der Waals surface area contributed by atoms with Gasteiger partial charge in [0.05, 0.1) is 4.90 Å². The topological polar surface area (TPSA) is 84.0 Å². The van der Waals surface area contributed by atoms with Gasteiger partial charge in [0.2, 0.25) is 10.0 Å². The Morgan fingerprint density at radius 1 is 1.21 bits per heavy atom. The van der Waals surface area contributed by atoms with Gasteiger partial charge >= 0.3 is 5.97 Å². The summed E-state index contributed by atoms with van der Waals surface area (Å²) >= 11 is 0. The normalized spacial score (nSPS) is 11.3. The van der Waals surface area contributed by atoms with Gasteiger partial charge in [-0.1, -0.05) is 12.2 Å². The molecule has 7 nitrogen and oxygen atoms in total. The molecule has 0 aliphatic carbocycles. The molecule has 1 aromatic rings. The lowest BCUT2D eigenvalue weighted by atomic mass is 10.3. The van der Waals surface area contributed by atoms with Crippen LogP contribution in [0.1, 0.15) is 26.7 Å². The third-order valence-corrected chi connectivity index (χ3v) is 5.80. The van der Waals surface area contributed by atoms with Gasteiger partial charge in [-0.3, -0.25) is 9.59 Å². The Kier molecular flexibility index (Phi) is 9.27. The zero-order valence-corrected chi connectivity index (χ0v) is 17.3. The molecule has 1 rings (SSSR count). The zero-order chi connectivity index (χ0) is 21.3. The maximum absolute atomic E-state index is 12.9.